The number of carbonyl (C=O) groups is 1. The molecular formula is C22H25FN6O2. The van der Waals surface area contributed by atoms with Gasteiger partial charge in [-0.05, 0) is 42.7 Å². The lowest BCUT2D eigenvalue weighted by Gasteiger charge is -2.36. The molecule has 4 rings (SSSR count). The molecule has 3 N–H and O–H groups in total. The van der Waals surface area contributed by atoms with Crippen LogP contribution in [0.1, 0.15) is 34.1 Å². The van der Waals surface area contributed by atoms with Gasteiger partial charge in [0.2, 0.25) is 5.95 Å². The Bertz CT molecular complexity index is 1200. The highest BCUT2D eigenvalue weighted by atomic mass is 19.1. The summed E-state index contributed by atoms with van der Waals surface area (Å²) in [5.74, 6) is -1.41. The smallest absolute Gasteiger partial charge is 0.267 e. The number of primary amides is 1. The molecule has 0 atom stereocenters. The molecule has 1 saturated heterocycles. The lowest BCUT2D eigenvalue weighted by molar-refractivity contribution is 0.0994. The molecule has 0 unspecified atom stereocenters. The van der Waals surface area contributed by atoms with Gasteiger partial charge in [-0.3, -0.25) is 19.5 Å². The lowest BCUT2D eigenvalue weighted by atomic mass is 10.1. The van der Waals surface area contributed by atoms with Crippen molar-refractivity contribution in [3.8, 4) is 0 Å². The summed E-state index contributed by atoms with van der Waals surface area (Å²) in [5.41, 5.74) is 9.34. The van der Waals surface area contributed by atoms with E-state index < -0.39 is 11.9 Å². The number of nitrogens with zero attached hydrogens (tertiary/aromatic N) is 4. The number of nitrogens with two attached hydrogens (primary N) is 1. The molecule has 0 radical (unpaired) electrons. The average Bonchev–Trinajstić information content (AvgIpc) is 2.75. The molecule has 0 aromatic carbocycles. The Morgan fingerprint density at radius 3 is 2.65 bits per heavy atom. The number of piperazine rings is 1. The summed E-state index contributed by atoms with van der Waals surface area (Å²) in [7, 11) is 0. The number of aromatic amines is 1. The number of carbonyl (C=O) groups excluding carboxylic acids is 1. The Hall–Kier alpha value is -3.33. The molecule has 1 aliphatic rings. The average molecular weight is 424 g/mol. The van der Waals surface area contributed by atoms with E-state index in [1.807, 2.05) is 30.2 Å². The first-order valence-electron chi connectivity index (χ1n) is 10.3. The first-order chi connectivity index (χ1) is 14.9. The summed E-state index contributed by atoms with van der Waals surface area (Å²) in [6, 6.07) is 5.43. The maximum atomic E-state index is 14.4. The molecule has 4 heterocycles. The minimum Gasteiger partial charge on any atom is -0.365 e. The van der Waals surface area contributed by atoms with E-state index in [0.717, 1.165) is 35.2 Å². The van der Waals surface area contributed by atoms with Crippen molar-refractivity contribution in [1.82, 2.24) is 19.9 Å². The van der Waals surface area contributed by atoms with Crippen LogP contribution < -0.4 is 16.2 Å². The van der Waals surface area contributed by atoms with Gasteiger partial charge >= 0.3 is 0 Å². The van der Waals surface area contributed by atoms with Gasteiger partial charge in [0, 0.05) is 44.5 Å². The molecule has 3 aromatic rings. The largest absolute Gasteiger partial charge is 0.365 e. The molecule has 162 valence electrons. The first-order valence-corrected chi connectivity index (χ1v) is 10.3. The van der Waals surface area contributed by atoms with Gasteiger partial charge in [0.05, 0.1) is 16.7 Å². The van der Waals surface area contributed by atoms with Gasteiger partial charge in [-0.25, -0.2) is 4.98 Å². The molecule has 1 amide bonds. The Labute approximate surface area is 178 Å². The summed E-state index contributed by atoms with van der Waals surface area (Å²) < 4.78 is 14.4. The molecule has 1 fully saturated rings. The third-order valence-corrected chi connectivity index (χ3v) is 5.71. The van der Waals surface area contributed by atoms with Crippen molar-refractivity contribution in [2.24, 2.45) is 5.73 Å². The van der Waals surface area contributed by atoms with Crippen LogP contribution in [0.4, 0.5) is 10.1 Å². The van der Waals surface area contributed by atoms with E-state index in [2.05, 4.69) is 19.9 Å². The van der Waals surface area contributed by atoms with E-state index in [4.69, 9.17) is 5.73 Å². The second-order valence-corrected chi connectivity index (χ2v) is 7.84. The van der Waals surface area contributed by atoms with Crippen LogP contribution in [0, 0.1) is 12.9 Å². The second kappa shape index (κ2) is 8.43. The van der Waals surface area contributed by atoms with Crippen LogP contribution in [0.3, 0.4) is 0 Å². The third-order valence-electron chi connectivity index (χ3n) is 5.71. The highest BCUT2D eigenvalue weighted by Gasteiger charge is 2.22. The number of H-pyrrole nitrogens is 1. The van der Waals surface area contributed by atoms with Crippen LogP contribution in [0.2, 0.25) is 0 Å². The standard InChI is InChI=1S/C22H25FN6O2/c1-3-15-10-16-17(26-22(15)31)9-14(11-25-16)12-28-4-6-29(7-5-28)18-8-13(2)19(21(24)30)27-20(18)23/h8-11H,3-7,12H2,1-2H3,(H2,24,30)(H,26,31). The van der Waals surface area contributed by atoms with Gasteiger partial charge in [0.15, 0.2) is 0 Å². The molecule has 0 aliphatic carbocycles. The first kappa shape index (κ1) is 20.9. The fourth-order valence-corrected chi connectivity index (χ4v) is 3.97. The minimum absolute atomic E-state index is 0.0345. The third kappa shape index (κ3) is 4.27. The molecule has 9 heteroatoms. The monoisotopic (exact) mass is 424 g/mol. The van der Waals surface area contributed by atoms with Crippen molar-refractivity contribution < 1.29 is 9.18 Å². The zero-order valence-corrected chi connectivity index (χ0v) is 17.6. The number of aromatic nitrogens is 3. The van der Waals surface area contributed by atoms with E-state index >= 15 is 0 Å². The normalized spacial score (nSPS) is 14.9. The number of hydrogen-bond donors (Lipinski definition) is 2. The van der Waals surface area contributed by atoms with Gasteiger partial charge in [0.1, 0.15) is 5.69 Å². The van der Waals surface area contributed by atoms with Gasteiger partial charge in [-0.15, -0.1) is 0 Å². The Balaban J connectivity index is 1.44. The van der Waals surface area contributed by atoms with E-state index in [-0.39, 0.29) is 11.3 Å². The molecule has 0 saturated carbocycles. The predicted molar refractivity (Wildman–Crippen MR) is 117 cm³/mol. The lowest BCUT2D eigenvalue weighted by Crippen LogP contribution is -2.46. The van der Waals surface area contributed by atoms with Gasteiger partial charge < -0.3 is 15.6 Å². The van der Waals surface area contributed by atoms with Crippen molar-refractivity contribution >= 4 is 22.6 Å². The van der Waals surface area contributed by atoms with Crippen LogP contribution in [0.25, 0.3) is 11.0 Å². The molecule has 0 bridgehead atoms. The van der Waals surface area contributed by atoms with Crippen molar-refractivity contribution in [2.45, 2.75) is 26.8 Å². The summed E-state index contributed by atoms with van der Waals surface area (Å²) in [6.07, 6.45) is 2.50. The minimum atomic E-state index is -0.732. The number of halogens is 1. The van der Waals surface area contributed by atoms with Gasteiger partial charge in [0.25, 0.3) is 11.5 Å². The van der Waals surface area contributed by atoms with Crippen LogP contribution >= 0.6 is 0 Å². The van der Waals surface area contributed by atoms with Crippen LogP contribution in [0.5, 0.6) is 0 Å². The van der Waals surface area contributed by atoms with Crippen molar-refractivity contribution in [1.29, 1.82) is 0 Å². The Morgan fingerprint density at radius 1 is 1.23 bits per heavy atom. The number of anilines is 1. The number of hydrogen-bond acceptors (Lipinski definition) is 6. The number of nitrogens with one attached hydrogen (secondary N) is 1. The molecular weight excluding hydrogens is 399 g/mol. The van der Waals surface area contributed by atoms with Crippen molar-refractivity contribution in [3.05, 3.63) is 63.1 Å². The van der Waals surface area contributed by atoms with E-state index in [0.29, 0.717) is 37.3 Å². The van der Waals surface area contributed by atoms with Crippen molar-refractivity contribution in [2.75, 3.05) is 31.1 Å². The highest BCUT2D eigenvalue weighted by Crippen LogP contribution is 2.23. The predicted octanol–water partition coefficient (Wildman–Crippen LogP) is 1.75. The fraction of sp³-hybridized carbons (Fsp3) is 0.364. The SMILES string of the molecule is CCc1cc2ncc(CN3CCN(c4cc(C)c(C(N)=O)nc4F)CC3)cc2[nH]c1=O. The number of rotatable bonds is 5. The summed E-state index contributed by atoms with van der Waals surface area (Å²) in [6.45, 7) is 7.07. The van der Waals surface area contributed by atoms with E-state index in [9.17, 15) is 14.0 Å². The Morgan fingerprint density at radius 2 is 1.97 bits per heavy atom. The molecule has 0 spiro atoms. The second-order valence-electron chi connectivity index (χ2n) is 7.84. The van der Waals surface area contributed by atoms with E-state index in [1.165, 1.54) is 0 Å². The zero-order chi connectivity index (χ0) is 22.1. The summed E-state index contributed by atoms with van der Waals surface area (Å²) >= 11 is 0. The van der Waals surface area contributed by atoms with E-state index in [1.54, 1.807) is 13.0 Å². The summed E-state index contributed by atoms with van der Waals surface area (Å²) in [4.78, 5) is 38.8. The zero-order valence-electron chi connectivity index (χ0n) is 17.6. The number of pyridine rings is 3. The number of amides is 1. The molecule has 1 aliphatic heterocycles. The number of fused-ring (bicyclic) bond motifs is 1. The highest BCUT2D eigenvalue weighted by molar-refractivity contribution is 5.92. The molecule has 8 nitrogen and oxygen atoms in total. The van der Waals surface area contributed by atoms with Gasteiger partial charge in [-0.1, -0.05) is 6.92 Å². The quantitative estimate of drug-likeness (QED) is 0.604. The molecule has 3 aromatic heterocycles. The Kier molecular flexibility index (Phi) is 5.69. The van der Waals surface area contributed by atoms with Crippen LogP contribution in [-0.4, -0.2) is 51.9 Å². The fourth-order valence-electron chi connectivity index (χ4n) is 3.97. The number of aryl methyl sites for hydroxylation is 2. The maximum absolute atomic E-state index is 14.4. The maximum Gasteiger partial charge on any atom is 0.267 e. The van der Waals surface area contributed by atoms with Crippen molar-refractivity contribution in [3.63, 3.8) is 0 Å². The van der Waals surface area contributed by atoms with Crippen LogP contribution in [-0.2, 0) is 13.0 Å². The topological polar surface area (TPSA) is 108 Å². The molecule has 31 heavy (non-hydrogen) atoms. The van der Waals surface area contributed by atoms with Crippen LogP contribution in [0.15, 0.2) is 29.2 Å². The summed E-state index contributed by atoms with van der Waals surface area (Å²) in [5, 5.41) is 0. The van der Waals surface area contributed by atoms with Gasteiger partial charge in [-0.2, -0.15) is 4.39 Å².